The standard InChI is InChI=1S/C11H16N4O3/c1-11(2,10(13)17)15-8-7(9(16)18-3)4-6(12)5-14-8/h4-5H,12H2,1-3H3,(H2,13,17)(H,14,15). The van der Waals surface area contributed by atoms with Crippen LogP contribution in [-0.4, -0.2) is 29.5 Å². The molecule has 1 aromatic heterocycles. The Kier molecular flexibility index (Phi) is 3.75. The lowest BCUT2D eigenvalue weighted by Crippen LogP contribution is -2.45. The first-order valence-electron chi connectivity index (χ1n) is 5.20. The molecule has 7 heteroatoms. The number of carbonyl (C=O) groups excluding carboxylic acids is 2. The number of nitrogen functional groups attached to an aromatic ring is 1. The second kappa shape index (κ2) is 4.91. The highest BCUT2D eigenvalue weighted by molar-refractivity contribution is 5.97. The van der Waals surface area contributed by atoms with Crippen LogP contribution in [0.1, 0.15) is 24.2 Å². The van der Waals surface area contributed by atoms with Gasteiger partial charge in [-0.15, -0.1) is 0 Å². The molecule has 0 saturated carbocycles. The molecule has 1 aromatic rings. The summed E-state index contributed by atoms with van der Waals surface area (Å²) in [5.74, 6) is -0.977. The smallest absolute Gasteiger partial charge is 0.341 e. The van der Waals surface area contributed by atoms with Gasteiger partial charge < -0.3 is 21.5 Å². The van der Waals surface area contributed by atoms with Crippen molar-refractivity contribution in [2.24, 2.45) is 5.73 Å². The van der Waals surface area contributed by atoms with E-state index in [4.69, 9.17) is 11.5 Å². The number of esters is 1. The minimum Gasteiger partial charge on any atom is -0.465 e. The van der Waals surface area contributed by atoms with Gasteiger partial charge in [-0.2, -0.15) is 0 Å². The fourth-order valence-corrected chi connectivity index (χ4v) is 1.20. The highest BCUT2D eigenvalue weighted by Crippen LogP contribution is 2.20. The Balaban J connectivity index is 3.17. The third-order valence-corrected chi connectivity index (χ3v) is 2.36. The van der Waals surface area contributed by atoms with Crippen LogP contribution in [0.25, 0.3) is 0 Å². The molecule has 0 atom stereocenters. The van der Waals surface area contributed by atoms with Gasteiger partial charge in [0.1, 0.15) is 16.9 Å². The largest absolute Gasteiger partial charge is 0.465 e. The Morgan fingerprint density at radius 3 is 2.56 bits per heavy atom. The van der Waals surface area contributed by atoms with Gasteiger partial charge in [0, 0.05) is 0 Å². The minimum atomic E-state index is -1.05. The number of nitrogens with two attached hydrogens (primary N) is 2. The molecule has 0 unspecified atom stereocenters. The highest BCUT2D eigenvalue weighted by atomic mass is 16.5. The average molecular weight is 252 g/mol. The molecule has 0 bridgehead atoms. The maximum Gasteiger partial charge on any atom is 0.341 e. The SMILES string of the molecule is COC(=O)c1cc(N)cnc1NC(C)(C)C(N)=O. The number of hydrogen-bond acceptors (Lipinski definition) is 6. The fraction of sp³-hybridized carbons (Fsp3) is 0.364. The molecule has 1 amide bonds. The lowest BCUT2D eigenvalue weighted by Gasteiger charge is -2.24. The molecule has 98 valence electrons. The predicted octanol–water partition coefficient (Wildman–Crippen LogP) is 0.126. The Morgan fingerprint density at radius 1 is 1.44 bits per heavy atom. The number of hydrogen-bond donors (Lipinski definition) is 3. The van der Waals surface area contributed by atoms with Gasteiger partial charge in [0.2, 0.25) is 5.91 Å². The van der Waals surface area contributed by atoms with Crippen LogP contribution in [0.4, 0.5) is 11.5 Å². The first-order chi connectivity index (χ1) is 8.27. The summed E-state index contributed by atoms with van der Waals surface area (Å²) in [4.78, 5) is 26.8. The molecule has 0 saturated heterocycles. The zero-order valence-corrected chi connectivity index (χ0v) is 10.5. The van der Waals surface area contributed by atoms with Crippen LogP contribution in [0.3, 0.4) is 0 Å². The van der Waals surface area contributed by atoms with Gasteiger partial charge in [0.05, 0.1) is 19.0 Å². The van der Waals surface area contributed by atoms with Crippen molar-refractivity contribution < 1.29 is 14.3 Å². The van der Waals surface area contributed by atoms with Crippen molar-refractivity contribution >= 4 is 23.4 Å². The molecule has 0 aliphatic heterocycles. The highest BCUT2D eigenvalue weighted by Gasteiger charge is 2.27. The predicted molar refractivity (Wildman–Crippen MR) is 66.9 cm³/mol. The second-order valence-corrected chi connectivity index (χ2v) is 4.27. The van der Waals surface area contributed by atoms with Crippen LogP contribution >= 0.6 is 0 Å². The number of anilines is 2. The van der Waals surface area contributed by atoms with Crippen molar-refractivity contribution in [2.75, 3.05) is 18.2 Å². The average Bonchev–Trinajstić information content (AvgIpc) is 2.30. The molecule has 0 fully saturated rings. The van der Waals surface area contributed by atoms with Crippen molar-refractivity contribution in [3.8, 4) is 0 Å². The number of pyridine rings is 1. The molecule has 0 radical (unpaired) electrons. The van der Waals surface area contributed by atoms with Gasteiger partial charge in [0.25, 0.3) is 0 Å². The van der Waals surface area contributed by atoms with Crippen LogP contribution < -0.4 is 16.8 Å². The molecular formula is C11H16N4O3. The normalized spacial score (nSPS) is 10.8. The summed E-state index contributed by atoms with van der Waals surface area (Å²) >= 11 is 0. The topological polar surface area (TPSA) is 120 Å². The van der Waals surface area contributed by atoms with E-state index in [9.17, 15) is 9.59 Å². The molecule has 7 nitrogen and oxygen atoms in total. The van der Waals surface area contributed by atoms with Gasteiger partial charge in [-0.3, -0.25) is 4.79 Å². The van der Waals surface area contributed by atoms with Crippen molar-refractivity contribution in [3.63, 3.8) is 0 Å². The maximum atomic E-state index is 11.6. The lowest BCUT2D eigenvalue weighted by molar-refractivity contribution is -0.121. The van der Waals surface area contributed by atoms with Crippen LogP contribution in [0.2, 0.25) is 0 Å². The number of primary amides is 1. The van der Waals surface area contributed by atoms with E-state index in [1.807, 2.05) is 0 Å². The van der Waals surface area contributed by atoms with E-state index in [0.29, 0.717) is 5.69 Å². The Bertz CT molecular complexity index is 485. The van der Waals surface area contributed by atoms with Crippen molar-refractivity contribution in [2.45, 2.75) is 19.4 Å². The van der Waals surface area contributed by atoms with E-state index in [0.717, 1.165) is 0 Å². The number of nitrogens with one attached hydrogen (secondary N) is 1. The maximum absolute atomic E-state index is 11.6. The monoisotopic (exact) mass is 252 g/mol. The molecule has 0 aliphatic carbocycles. The first kappa shape index (κ1) is 13.8. The van der Waals surface area contributed by atoms with Gasteiger partial charge in [-0.25, -0.2) is 9.78 Å². The van der Waals surface area contributed by atoms with E-state index in [1.165, 1.54) is 19.4 Å². The molecular weight excluding hydrogens is 236 g/mol. The van der Waals surface area contributed by atoms with E-state index < -0.39 is 17.4 Å². The number of nitrogens with zero attached hydrogens (tertiary/aromatic N) is 1. The van der Waals surface area contributed by atoms with Gasteiger partial charge >= 0.3 is 5.97 Å². The number of carbonyl (C=O) groups is 2. The number of aromatic nitrogens is 1. The minimum absolute atomic E-state index is 0.145. The van der Waals surface area contributed by atoms with Crippen LogP contribution in [0, 0.1) is 0 Å². The summed E-state index contributed by atoms with van der Waals surface area (Å²) in [6.45, 7) is 3.16. The van der Waals surface area contributed by atoms with E-state index in [1.54, 1.807) is 13.8 Å². The van der Waals surface area contributed by atoms with Gasteiger partial charge in [-0.1, -0.05) is 0 Å². The summed E-state index contributed by atoms with van der Waals surface area (Å²) in [5, 5.41) is 2.79. The Labute approximate surface area is 105 Å². The van der Waals surface area contributed by atoms with E-state index >= 15 is 0 Å². The number of amides is 1. The van der Waals surface area contributed by atoms with E-state index in [-0.39, 0.29) is 11.4 Å². The fourth-order valence-electron chi connectivity index (χ4n) is 1.20. The Morgan fingerprint density at radius 2 is 2.06 bits per heavy atom. The third kappa shape index (κ3) is 2.88. The van der Waals surface area contributed by atoms with Crippen molar-refractivity contribution in [3.05, 3.63) is 17.8 Å². The molecule has 1 heterocycles. The van der Waals surface area contributed by atoms with Crippen molar-refractivity contribution in [1.29, 1.82) is 0 Å². The van der Waals surface area contributed by atoms with Gasteiger partial charge in [-0.05, 0) is 19.9 Å². The molecule has 0 aliphatic rings. The molecule has 1 rings (SSSR count). The van der Waals surface area contributed by atoms with Crippen LogP contribution in [-0.2, 0) is 9.53 Å². The summed E-state index contributed by atoms with van der Waals surface area (Å²) in [6.07, 6.45) is 1.37. The number of methoxy groups -OCH3 is 1. The zero-order chi connectivity index (χ0) is 13.9. The van der Waals surface area contributed by atoms with Crippen molar-refractivity contribution in [1.82, 2.24) is 4.98 Å². The molecule has 0 aromatic carbocycles. The summed E-state index contributed by atoms with van der Waals surface area (Å²) in [7, 11) is 1.24. The van der Waals surface area contributed by atoms with Crippen LogP contribution in [0.5, 0.6) is 0 Å². The second-order valence-electron chi connectivity index (χ2n) is 4.27. The summed E-state index contributed by atoms with van der Waals surface area (Å²) < 4.78 is 4.62. The Hall–Kier alpha value is -2.31. The third-order valence-electron chi connectivity index (χ3n) is 2.36. The summed E-state index contributed by atoms with van der Waals surface area (Å²) in [6, 6.07) is 1.41. The lowest BCUT2D eigenvalue weighted by atomic mass is 10.0. The van der Waals surface area contributed by atoms with Gasteiger partial charge in [0.15, 0.2) is 0 Å². The quantitative estimate of drug-likeness (QED) is 0.655. The summed E-state index contributed by atoms with van der Waals surface area (Å²) in [5.41, 5.74) is 10.2. The molecule has 5 N–H and O–H groups in total. The molecule has 0 spiro atoms. The number of rotatable bonds is 4. The zero-order valence-electron chi connectivity index (χ0n) is 10.5. The van der Waals surface area contributed by atoms with E-state index in [2.05, 4.69) is 15.0 Å². The number of ether oxygens (including phenoxy) is 1. The van der Waals surface area contributed by atoms with Crippen LogP contribution in [0.15, 0.2) is 12.3 Å². The first-order valence-corrected chi connectivity index (χ1v) is 5.20. The molecule has 18 heavy (non-hydrogen) atoms.